The SMILES string of the molecule is NNC(=O)Nc1ccc(-c2nc(N3CCOCC3)c3cnn(-c4ccccc4)c3n2)cc1. The summed E-state index contributed by atoms with van der Waals surface area (Å²) in [4.78, 5) is 23.4. The second-order valence-corrected chi connectivity index (χ2v) is 7.28. The van der Waals surface area contributed by atoms with Gasteiger partial charge in [0, 0.05) is 24.3 Å². The van der Waals surface area contributed by atoms with Crippen molar-refractivity contribution in [2.45, 2.75) is 0 Å². The van der Waals surface area contributed by atoms with Gasteiger partial charge >= 0.3 is 6.03 Å². The summed E-state index contributed by atoms with van der Waals surface area (Å²) < 4.78 is 7.35. The zero-order valence-electron chi connectivity index (χ0n) is 17.2. The fourth-order valence-electron chi connectivity index (χ4n) is 3.67. The summed E-state index contributed by atoms with van der Waals surface area (Å²) in [7, 11) is 0. The molecule has 0 bridgehead atoms. The number of urea groups is 1. The number of amides is 2. The highest BCUT2D eigenvalue weighted by Gasteiger charge is 2.21. The molecule has 0 atom stereocenters. The Kier molecular flexibility index (Phi) is 5.36. The van der Waals surface area contributed by atoms with E-state index in [-0.39, 0.29) is 0 Å². The van der Waals surface area contributed by atoms with Crippen LogP contribution < -0.4 is 21.5 Å². The average molecular weight is 430 g/mol. The minimum absolute atomic E-state index is 0.489. The van der Waals surface area contributed by atoms with Crippen molar-refractivity contribution in [2.24, 2.45) is 5.84 Å². The lowest BCUT2D eigenvalue weighted by Gasteiger charge is -2.28. The van der Waals surface area contributed by atoms with Crippen molar-refractivity contribution in [2.75, 3.05) is 36.5 Å². The lowest BCUT2D eigenvalue weighted by Crippen LogP contribution is -2.37. The number of nitrogens with two attached hydrogens (primary N) is 1. The molecule has 1 fully saturated rings. The zero-order chi connectivity index (χ0) is 21.9. The van der Waals surface area contributed by atoms with Gasteiger partial charge in [0.1, 0.15) is 5.82 Å². The molecule has 0 unspecified atom stereocenters. The van der Waals surface area contributed by atoms with E-state index in [4.69, 9.17) is 20.5 Å². The van der Waals surface area contributed by atoms with Crippen LogP contribution in [0.3, 0.4) is 0 Å². The molecule has 1 aliphatic rings. The molecular formula is C22H22N8O2. The molecule has 2 amide bonds. The number of carbonyl (C=O) groups is 1. The summed E-state index contributed by atoms with van der Waals surface area (Å²) in [5, 5.41) is 8.13. The van der Waals surface area contributed by atoms with Crippen LogP contribution in [0.2, 0.25) is 0 Å². The largest absolute Gasteiger partial charge is 0.378 e. The highest BCUT2D eigenvalue weighted by atomic mass is 16.5. The second-order valence-electron chi connectivity index (χ2n) is 7.28. The minimum Gasteiger partial charge on any atom is -0.378 e. The minimum atomic E-state index is -0.489. The molecule has 3 heterocycles. The van der Waals surface area contributed by atoms with E-state index in [1.54, 1.807) is 12.1 Å². The van der Waals surface area contributed by atoms with E-state index in [0.717, 1.165) is 41.2 Å². The van der Waals surface area contributed by atoms with Gasteiger partial charge < -0.3 is 15.0 Å². The highest BCUT2D eigenvalue weighted by molar-refractivity contribution is 5.90. The number of morpholine rings is 1. The Labute approximate surface area is 184 Å². The predicted octanol–water partition coefficient (Wildman–Crippen LogP) is 2.31. The number of rotatable bonds is 4. The van der Waals surface area contributed by atoms with Crippen molar-refractivity contribution in [3.05, 3.63) is 60.8 Å². The van der Waals surface area contributed by atoms with E-state index in [0.29, 0.717) is 24.7 Å². The van der Waals surface area contributed by atoms with Crippen molar-refractivity contribution in [3.8, 4) is 17.1 Å². The van der Waals surface area contributed by atoms with Gasteiger partial charge in [-0.25, -0.2) is 25.3 Å². The first-order valence-electron chi connectivity index (χ1n) is 10.2. The van der Waals surface area contributed by atoms with Crippen LogP contribution in [0.4, 0.5) is 16.3 Å². The molecule has 32 heavy (non-hydrogen) atoms. The number of ether oxygens (including phenoxy) is 1. The van der Waals surface area contributed by atoms with E-state index >= 15 is 0 Å². The first-order chi connectivity index (χ1) is 15.7. The lowest BCUT2D eigenvalue weighted by molar-refractivity contribution is 0.122. The van der Waals surface area contributed by atoms with Gasteiger partial charge in [0.2, 0.25) is 0 Å². The molecule has 0 saturated carbocycles. The quantitative estimate of drug-likeness (QED) is 0.258. The number of nitrogens with one attached hydrogen (secondary N) is 2. The number of hydrazine groups is 1. The summed E-state index contributed by atoms with van der Waals surface area (Å²) in [6.45, 7) is 2.80. The molecule has 4 aromatic rings. The number of hydrogen-bond acceptors (Lipinski definition) is 7. The number of fused-ring (bicyclic) bond motifs is 1. The second kappa shape index (κ2) is 8.61. The molecule has 5 rings (SSSR count). The first kappa shape index (κ1) is 19.9. The Hall–Kier alpha value is -4.02. The van der Waals surface area contributed by atoms with Crippen LogP contribution in [0.25, 0.3) is 28.1 Å². The Morgan fingerprint density at radius 3 is 2.47 bits per heavy atom. The summed E-state index contributed by atoms with van der Waals surface area (Å²) in [5.74, 6) is 6.54. The van der Waals surface area contributed by atoms with E-state index in [1.165, 1.54) is 0 Å². The Morgan fingerprint density at radius 1 is 1.00 bits per heavy atom. The molecule has 1 saturated heterocycles. The number of benzene rings is 2. The molecule has 0 aliphatic carbocycles. The Bertz CT molecular complexity index is 1230. The van der Waals surface area contributed by atoms with Crippen molar-refractivity contribution >= 4 is 28.6 Å². The normalized spacial score (nSPS) is 13.8. The summed E-state index contributed by atoms with van der Waals surface area (Å²) in [6, 6.07) is 16.7. The van der Waals surface area contributed by atoms with E-state index < -0.39 is 6.03 Å². The van der Waals surface area contributed by atoms with E-state index in [9.17, 15) is 4.79 Å². The van der Waals surface area contributed by atoms with Crippen LogP contribution >= 0.6 is 0 Å². The number of hydrogen-bond donors (Lipinski definition) is 3. The third-order valence-corrected chi connectivity index (χ3v) is 5.25. The molecule has 2 aromatic carbocycles. The third-order valence-electron chi connectivity index (χ3n) is 5.25. The smallest absolute Gasteiger partial charge is 0.333 e. The third kappa shape index (κ3) is 3.84. The topological polar surface area (TPSA) is 123 Å². The molecule has 0 spiro atoms. The summed E-state index contributed by atoms with van der Waals surface area (Å²) in [5.41, 5.74) is 5.13. The fraction of sp³-hybridized carbons (Fsp3) is 0.182. The molecule has 2 aromatic heterocycles. The molecular weight excluding hydrogens is 408 g/mol. The van der Waals surface area contributed by atoms with Crippen molar-refractivity contribution in [1.29, 1.82) is 0 Å². The van der Waals surface area contributed by atoms with Gasteiger partial charge in [0.25, 0.3) is 0 Å². The summed E-state index contributed by atoms with van der Waals surface area (Å²) >= 11 is 0. The Balaban J connectivity index is 1.61. The molecule has 10 nitrogen and oxygen atoms in total. The highest BCUT2D eigenvalue weighted by Crippen LogP contribution is 2.30. The maximum absolute atomic E-state index is 11.4. The molecule has 4 N–H and O–H groups in total. The predicted molar refractivity (Wildman–Crippen MR) is 121 cm³/mol. The van der Waals surface area contributed by atoms with Crippen LogP contribution in [-0.4, -0.2) is 52.1 Å². The standard InChI is InChI=1S/C22H22N8O2/c23-28-22(31)25-16-8-6-15(7-9-16)19-26-20(29-10-12-32-13-11-29)18-14-24-30(21(18)27-19)17-4-2-1-3-5-17/h1-9,14H,10-13,23H2,(H2,25,28,31). The number of nitrogens with zero attached hydrogens (tertiary/aromatic N) is 5. The molecule has 10 heteroatoms. The van der Waals surface area contributed by atoms with Crippen molar-refractivity contribution < 1.29 is 9.53 Å². The van der Waals surface area contributed by atoms with Gasteiger partial charge in [-0.15, -0.1) is 0 Å². The van der Waals surface area contributed by atoms with Crippen LogP contribution in [0.15, 0.2) is 60.8 Å². The van der Waals surface area contributed by atoms with Crippen LogP contribution in [0.5, 0.6) is 0 Å². The molecule has 1 aliphatic heterocycles. The molecule has 162 valence electrons. The van der Waals surface area contributed by atoms with E-state index in [2.05, 4.69) is 15.3 Å². The maximum atomic E-state index is 11.4. The van der Waals surface area contributed by atoms with Crippen LogP contribution in [0.1, 0.15) is 0 Å². The number of carbonyl (C=O) groups excluding carboxylic acids is 1. The monoisotopic (exact) mass is 430 g/mol. The number of para-hydroxylation sites is 1. The first-order valence-corrected chi connectivity index (χ1v) is 10.2. The van der Waals surface area contributed by atoms with Gasteiger partial charge in [-0.2, -0.15) is 5.10 Å². The van der Waals surface area contributed by atoms with Gasteiger partial charge in [0.15, 0.2) is 11.5 Å². The molecule has 0 radical (unpaired) electrons. The average Bonchev–Trinajstić information content (AvgIpc) is 3.29. The summed E-state index contributed by atoms with van der Waals surface area (Å²) in [6.07, 6.45) is 1.81. The van der Waals surface area contributed by atoms with Crippen LogP contribution in [0, 0.1) is 0 Å². The van der Waals surface area contributed by atoms with Gasteiger partial charge in [-0.05, 0) is 36.4 Å². The lowest BCUT2D eigenvalue weighted by atomic mass is 10.2. The number of anilines is 2. The van der Waals surface area contributed by atoms with Gasteiger partial charge in [0.05, 0.1) is 30.5 Å². The van der Waals surface area contributed by atoms with Gasteiger partial charge in [-0.1, -0.05) is 18.2 Å². The fourth-order valence-corrected chi connectivity index (χ4v) is 3.67. The van der Waals surface area contributed by atoms with Gasteiger partial charge in [-0.3, -0.25) is 5.43 Å². The van der Waals surface area contributed by atoms with Crippen LogP contribution in [-0.2, 0) is 4.74 Å². The number of aromatic nitrogens is 4. The maximum Gasteiger partial charge on any atom is 0.333 e. The van der Waals surface area contributed by atoms with E-state index in [1.807, 2.05) is 58.8 Å². The van der Waals surface area contributed by atoms with Crippen molar-refractivity contribution in [1.82, 2.24) is 25.2 Å². The van der Waals surface area contributed by atoms with Crippen molar-refractivity contribution in [3.63, 3.8) is 0 Å². The Morgan fingerprint density at radius 2 is 1.75 bits per heavy atom. The zero-order valence-corrected chi connectivity index (χ0v) is 17.2.